The molecule has 0 saturated carbocycles. The minimum absolute atomic E-state index is 0.0539. The lowest BCUT2D eigenvalue weighted by atomic mass is 10.1. The van der Waals surface area contributed by atoms with Crippen LogP contribution in [0, 0.1) is 0 Å². The summed E-state index contributed by atoms with van der Waals surface area (Å²) in [5, 5.41) is 0. The van der Waals surface area contributed by atoms with Crippen molar-refractivity contribution in [1.29, 1.82) is 0 Å². The lowest BCUT2D eigenvalue weighted by Gasteiger charge is -2.03. The van der Waals surface area contributed by atoms with E-state index in [0.29, 0.717) is 12.2 Å². The Morgan fingerprint density at radius 2 is 1.10 bits per heavy atom. The van der Waals surface area contributed by atoms with Crippen molar-refractivity contribution in [2.45, 2.75) is 0 Å². The van der Waals surface area contributed by atoms with Gasteiger partial charge in [0.1, 0.15) is 0 Å². The molecule has 1 aliphatic rings. The molecule has 8 nitrogen and oxygen atoms in total. The molecule has 1 aliphatic heterocycles. The van der Waals surface area contributed by atoms with Gasteiger partial charge in [-0.3, -0.25) is 0 Å². The van der Waals surface area contributed by atoms with Crippen LogP contribution in [0.15, 0.2) is 36.4 Å². The number of rotatable bonds is 0. The third-order valence-electron chi connectivity index (χ3n) is 2.09. The molecule has 1 aromatic carbocycles. The quantitative estimate of drug-likeness (QED) is 0.631. The third-order valence-corrected chi connectivity index (χ3v) is 2.09. The van der Waals surface area contributed by atoms with Crippen molar-refractivity contribution in [2.75, 3.05) is 0 Å². The molecule has 2 bridgehead atoms. The van der Waals surface area contributed by atoms with Gasteiger partial charge in [0.2, 0.25) is 0 Å². The maximum atomic E-state index is 11.5. The summed E-state index contributed by atoms with van der Waals surface area (Å²) in [6, 6.07) is 5.15. The van der Waals surface area contributed by atoms with Crippen LogP contribution in [0.2, 0.25) is 0 Å². The predicted molar refractivity (Wildman–Crippen MR) is 58.6 cm³/mol. The summed E-state index contributed by atoms with van der Waals surface area (Å²) < 4.78 is 0. The number of hydrogen-bond donors (Lipinski definition) is 0. The fraction of sp³-hybridized carbons (Fsp3) is 0. The van der Waals surface area contributed by atoms with Crippen LogP contribution in [0.3, 0.4) is 0 Å². The SMILES string of the molecule is O=C1/C=C\C(=O)OOC(=O)c2cccc(c2)C(=O)OO1. The van der Waals surface area contributed by atoms with Gasteiger partial charge in [-0.05, 0) is 18.2 Å². The molecule has 102 valence electrons. The first-order valence-electron chi connectivity index (χ1n) is 5.20. The Morgan fingerprint density at radius 1 is 0.650 bits per heavy atom. The lowest BCUT2D eigenvalue weighted by molar-refractivity contribution is -0.229. The van der Waals surface area contributed by atoms with Crippen molar-refractivity contribution in [2.24, 2.45) is 0 Å². The summed E-state index contributed by atoms with van der Waals surface area (Å²) in [7, 11) is 0. The Kier molecular flexibility index (Phi) is 3.75. The van der Waals surface area contributed by atoms with E-state index in [0.717, 1.165) is 6.07 Å². The molecular weight excluding hydrogens is 272 g/mol. The Bertz CT molecular complexity index is 566. The van der Waals surface area contributed by atoms with Crippen molar-refractivity contribution in [3.05, 3.63) is 47.5 Å². The molecular formula is C12H6O8. The lowest BCUT2D eigenvalue weighted by Crippen LogP contribution is -2.11. The number of hydrogen-bond acceptors (Lipinski definition) is 8. The molecule has 0 N–H and O–H groups in total. The standard InChI is InChI=1S/C12H6O8/c13-9-4-5-10(14)18-20-12(16)8-3-1-2-7(6-8)11(15)19-17-9/h1-6H/b5-4-. The molecule has 0 atom stereocenters. The van der Waals surface area contributed by atoms with Gasteiger partial charge in [-0.25, -0.2) is 38.7 Å². The van der Waals surface area contributed by atoms with Gasteiger partial charge in [-0.2, -0.15) is 0 Å². The fourth-order valence-electron chi connectivity index (χ4n) is 1.22. The highest BCUT2D eigenvalue weighted by molar-refractivity contribution is 5.96. The van der Waals surface area contributed by atoms with E-state index in [2.05, 4.69) is 19.6 Å². The molecule has 0 amide bonds. The van der Waals surface area contributed by atoms with E-state index in [-0.39, 0.29) is 11.1 Å². The van der Waals surface area contributed by atoms with Gasteiger partial charge in [-0.1, -0.05) is 6.07 Å². The second kappa shape index (κ2) is 5.65. The van der Waals surface area contributed by atoms with Gasteiger partial charge < -0.3 is 0 Å². The molecule has 0 fully saturated rings. The summed E-state index contributed by atoms with van der Waals surface area (Å²) in [5.74, 6) is -4.21. The maximum Gasteiger partial charge on any atom is 0.386 e. The number of carbonyl (C=O) groups is 4. The maximum absolute atomic E-state index is 11.5. The van der Waals surface area contributed by atoms with Crippen molar-refractivity contribution >= 4 is 23.9 Å². The molecule has 8 heteroatoms. The molecule has 0 radical (unpaired) electrons. The van der Waals surface area contributed by atoms with Crippen LogP contribution in [0.5, 0.6) is 0 Å². The first-order chi connectivity index (χ1) is 9.56. The zero-order valence-electron chi connectivity index (χ0n) is 9.73. The molecule has 0 aromatic heterocycles. The number of benzene rings is 1. The molecule has 0 spiro atoms. The number of fused-ring (bicyclic) bond motifs is 2. The molecule has 1 heterocycles. The summed E-state index contributed by atoms with van der Waals surface area (Å²) in [5.41, 5.74) is -0.108. The van der Waals surface area contributed by atoms with Crippen molar-refractivity contribution in [3.63, 3.8) is 0 Å². The predicted octanol–water partition coefficient (Wildman–Crippen LogP) is 0.486. The van der Waals surface area contributed by atoms with Crippen molar-refractivity contribution in [3.8, 4) is 0 Å². The van der Waals surface area contributed by atoms with Crippen molar-refractivity contribution in [1.82, 2.24) is 0 Å². The van der Waals surface area contributed by atoms with Gasteiger partial charge in [0.25, 0.3) is 0 Å². The van der Waals surface area contributed by atoms with Gasteiger partial charge in [0.15, 0.2) is 0 Å². The molecule has 0 unspecified atom stereocenters. The zero-order valence-corrected chi connectivity index (χ0v) is 9.73. The van der Waals surface area contributed by atoms with E-state index >= 15 is 0 Å². The van der Waals surface area contributed by atoms with Gasteiger partial charge in [-0.15, -0.1) is 0 Å². The molecule has 20 heavy (non-hydrogen) atoms. The number of carbonyl (C=O) groups excluding carboxylic acids is 4. The van der Waals surface area contributed by atoms with Crippen LogP contribution in [0.25, 0.3) is 0 Å². The van der Waals surface area contributed by atoms with Crippen LogP contribution < -0.4 is 0 Å². The first-order valence-corrected chi connectivity index (χ1v) is 5.20. The Hall–Kier alpha value is -3.16. The average Bonchev–Trinajstić information content (AvgIpc) is 2.47. The molecule has 0 aliphatic carbocycles. The van der Waals surface area contributed by atoms with Crippen LogP contribution >= 0.6 is 0 Å². The van der Waals surface area contributed by atoms with E-state index in [1.54, 1.807) is 0 Å². The minimum atomic E-state index is -1.11. The second-order valence-electron chi connectivity index (χ2n) is 3.46. The summed E-state index contributed by atoms with van der Waals surface area (Å²) in [6.07, 6.45) is 1.27. The van der Waals surface area contributed by atoms with Crippen LogP contribution in [-0.4, -0.2) is 23.9 Å². The van der Waals surface area contributed by atoms with E-state index in [4.69, 9.17) is 0 Å². The Labute approximate surface area is 111 Å². The normalized spacial score (nSPS) is 17.4. The van der Waals surface area contributed by atoms with E-state index < -0.39 is 23.9 Å². The summed E-state index contributed by atoms with van der Waals surface area (Å²) in [4.78, 5) is 61.9. The largest absolute Gasteiger partial charge is 0.386 e. The highest BCUT2D eigenvalue weighted by atomic mass is 17.2. The monoisotopic (exact) mass is 278 g/mol. The van der Waals surface area contributed by atoms with Gasteiger partial charge in [0.05, 0.1) is 11.1 Å². The summed E-state index contributed by atoms with van der Waals surface area (Å²) >= 11 is 0. The van der Waals surface area contributed by atoms with E-state index in [1.165, 1.54) is 18.2 Å². The highest BCUT2D eigenvalue weighted by Crippen LogP contribution is 2.09. The fourth-order valence-corrected chi connectivity index (χ4v) is 1.22. The smallest absolute Gasteiger partial charge is 0.242 e. The Balaban J connectivity index is 2.31. The Morgan fingerprint density at radius 3 is 1.55 bits per heavy atom. The average molecular weight is 278 g/mol. The van der Waals surface area contributed by atoms with E-state index in [1.807, 2.05) is 0 Å². The van der Waals surface area contributed by atoms with Gasteiger partial charge in [0, 0.05) is 12.2 Å². The van der Waals surface area contributed by atoms with E-state index in [9.17, 15) is 19.2 Å². The van der Waals surface area contributed by atoms with Crippen molar-refractivity contribution < 1.29 is 38.7 Å². The zero-order chi connectivity index (χ0) is 14.5. The first kappa shape index (κ1) is 13.3. The highest BCUT2D eigenvalue weighted by Gasteiger charge is 2.17. The molecule has 0 saturated heterocycles. The topological polar surface area (TPSA) is 105 Å². The minimum Gasteiger partial charge on any atom is -0.242 e. The van der Waals surface area contributed by atoms with Crippen LogP contribution in [-0.2, 0) is 29.1 Å². The van der Waals surface area contributed by atoms with Crippen LogP contribution in [0.1, 0.15) is 20.7 Å². The molecule has 1 aromatic rings. The second-order valence-corrected chi connectivity index (χ2v) is 3.46. The molecule has 2 rings (SSSR count). The van der Waals surface area contributed by atoms with Gasteiger partial charge >= 0.3 is 23.9 Å². The van der Waals surface area contributed by atoms with Crippen LogP contribution in [0.4, 0.5) is 0 Å². The summed E-state index contributed by atoms with van der Waals surface area (Å²) in [6.45, 7) is 0. The third kappa shape index (κ3) is 3.19.